The van der Waals surface area contributed by atoms with E-state index in [9.17, 15) is 5.11 Å². The Balaban J connectivity index is 2.37. The minimum Gasteiger partial charge on any atom is -0.384 e. The second-order valence-electron chi connectivity index (χ2n) is 3.42. The van der Waals surface area contributed by atoms with Gasteiger partial charge in [0.2, 0.25) is 0 Å². The van der Waals surface area contributed by atoms with Gasteiger partial charge in [-0.2, -0.15) is 0 Å². The van der Waals surface area contributed by atoms with E-state index in [0.717, 1.165) is 16.7 Å². The zero-order valence-corrected chi connectivity index (χ0v) is 8.46. The van der Waals surface area contributed by atoms with Crippen LogP contribution < -0.4 is 0 Å². The van der Waals surface area contributed by atoms with Crippen LogP contribution in [0.4, 0.5) is 0 Å². The molecule has 0 aliphatic rings. The number of aliphatic hydroxyl groups excluding tert-OH is 1. The van der Waals surface area contributed by atoms with E-state index < -0.39 is 6.10 Å². The van der Waals surface area contributed by atoms with Crippen molar-refractivity contribution in [2.45, 2.75) is 13.0 Å². The molecule has 1 atom stereocenters. The summed E-state index contributed by atoms with van der Waals surface area (Å²) in [6.07, 6.45) is 6.13. The topological polar surface area (TPSA) is 46.0 Å². The Hall–Kier alpha value is -1.74. The van der Waals surface area contributed by atoms with Gasteiger partial charge in [-0.15, -0.1) is 0 Å². The lowest BCUT2D eigenvalue weighted by Gasteiger charge is -2.12. The fraction of sp³-hybridized carbons (Fsp3) is 0.167. The second kappa shape index (κ2) is 4.19. The van der Waals surface area contributed by atoms with E-state index in [4.69, 9.17) is 0 Å². The highest BCUT2D eigenvalue weighted by Gasteiger charge is 2.11. The number of aromatic nitrogens is 2. The zero-order valence-electron chi connectivity index (χ0n) is 8.46. The minimum absolute atomic E-state index is 0.623. The third kappa shape index (κ3) is 2.02. The van der Waals surface area contributed by atoms with Crippen molar-refractivity contribution < 1.29 is 5.11 Å². The number of hydrogen-bond acceptors (Lipinski definition) is 3. The summed E-state index contributed by atoms with van der Waals surface area (Å²) < 4.78 is 0. The molecule has 0 aliphatic heterocycles. The lowest BCUT2D eigenvalue weighted by atomic mass is 10.0. The van der Waals surface area contributed by atoms with Gasteiger partial charge in [0.25, 0.3) is 0 Å². The number of aliphatic hydroxyl groups is 1. The maximum absolute atomic E-state index is 10.1. The van der Waals surface area contributed by atoms with Crippen molar-refractivity contribution in [2.75, 3.05) is 0 Å². The molecule has 0 saturated carbocycles. The standard InChI is InChI=1S/C12H12N2O/c1-9-2-5-14-8-11(9)12(15)10-3-6-13-7-4-10/h2-8,12,15H,1H3. The Labute approximate surface area is 88.5 Å². The predicted octanol–water partition coefficient (Wildman–Crippen LogP) is 1.87. The first-order valence-electron chi connectivity index (χ1n) is 4.77. The Morgan fingerprint density at radius 3 is 2.40 bits per heavy atom. The quantitative estimate of drug-likeness (QED) is 0.804. The van der Waals surface area contributed by atoms with Crippen LogP contribution in [0.2, 0.25) is 0 Å². The lowest BCUT2D eigenvalue weighted by molar-refractivity contribution is 0.219. The zero-order chi connectivity index (χ0) is 10.7. The van der Waals surface area contributed by atoms with Crippen molar-refractivity contribution in [3.8, 4) is 0 Å². The molecule has 0 amide bonds. The summed E-state index contributed by atoms with van der Waals surface area (Å²) in [5.74, 6) is 0. The average Bonchev–Trinajstić information content (AvgIpc) is 2.30. The molecule has 0 spiro atoms. The van der Waals surface area contributed by atoms with Crippen LogP contribution in [0.15, 0.2) is 43.0 Å². The van der Waals surface area contributed by atoms with Gasteiger partial charge in [0.05, 0.1) is 0 Å². The molecule has 3 nitrogen and oxygen atoms in total. The van der Waals surface area contributed by atoms with Crippen LogP contribution in [0, 0.1) is 6.92 Å². The van der Waals surface area contributed by atoms with E-state index in [0.29, 0.717) is 0 Å². The number of pyridine rings is 2. The third-order valence-corrected chi connectivity index (χ3v) is 2.40. The molecule has 0 radical (unpaired) electrons. The summed E-state index contributed by atoms with van der Waals surface area (Å²) in [4.78, 5) is 7.93. The Morgan fingerprint density at radius 2 is 1.73 bits per heavy atom. The molecule has 0 aromatic carbocycles. The average molecular weight is 200 g/mol. The molecular weight excluding hydrogens is 188 g/mol. The molecule has 2 rings (SSSR count). The molecule has 2 aromatic heterocycles. The maximum Gasteiger partial charge on any atom is 0.106 e. The Morgan fingerprint density at radius 1 is 1.07 bits per heavy atom. The monoisotopic (exact) mass is 200 g/mol. The van der Waals surface area contributed by atoms with Gasteiger partial charge in [0.1, 0.15) is 6.10 Å². The van der Waals surface area contributed by atoms with Crippen molar-refractivity contribution in [3.63, 3.8) is 0 Å². The fourth-order valence-corrected chi connectivity index (χ4v) is 1.49. The first-order valence-corrected chi connectivity index (χ1v) is 4.77. The largest absolute Gasteiger partial charge is 0.384 e. The molecule has 1 unspecified atom stereocenters. The van der Waals surface area contributed by atoms with E-state index in [2.05, 4.69) is 9.97 Å². The molecular formula is C12H12N2O. The molecule has 3 heteroatoms. The van der Waals surface area contributed by atoms with Crippen LogP contribution in [0.3, 0.4) is 0 Å². The number of hydrogen-bond donors (Lipinski definition) is 1. The van der Waals surface area contributed by atoms with E-state index in [1.165, 1.54) is 0 Å². The summed E-state index contributed by atoms with van der Waals surface area (Å²) in [5, 5.41) is 10.1. The highest BCUT2D eigenvalue weighted by Crippen LogP contribution is 2.22. The smallest absolute Gasteiger partial charge is 0.106 e. The highest BCUT2D eigenvalue weighted by molar-refractivity contribution is 5.31. The second-order valence-corrected chi connectivity index (χ2v) is 3.42. The summed E-state index contributed by atoms with van der Waals surface area (Å²) in [6.45, 7) is 1.96. The number of nitrogens with zero attached hydrogens (tertiary/aromatic N) is 2. The van der Waals surface area contributed by atoms with Gasteiger partial charge in [0.15, 0.2) is 0 Å². The Bertz CT molecular complexity index is 442. The normalized spacial score (nSPS) is 12.4. The highest BCUT2D eigenvalue weighted by atomic mass is 16.3. The number of rotatable bonds is 2. The molecule has 2 aromatic rings. The maximum atomic E-state index is 10.1. The number of aryl methyl sites for hydroxylation is 1. The van der Waals surface area contributed by atoms with Crippen molar-refractivity contribution in [2.24, 2.45) is 0 Å². The molecule has 0 aliphatic carbocycles. The van der Waals surface area contributed by atoms with Crippen LogP contribution >= 0.6 is 0 Å². The lowest BCUT2D eigenvalue weighted by Crippen LogP contribution is -2.02. The van der Waals surface area contributed by atoms with Crippen LogP contribution in [0.5, 0.6) is 0 Å². The Kier molecular flexibility index (Phi) is 2.74. The van der Waals surface area contributed by atoms with Crippen LogP contribution in [-0.4, -0.2) is 15.1 Å². The molecule has 15 heavy (non-hydrogen) atoms. The van der Waals surface area contributed by atoms with E-state index in [-0.39, 0.29) is 0 Å². The molecule has 0 saturated heterocycles. The third-order valence-electron chi connectivity index (χ3n) is 2.40. The molecule has 76 valence electrons. The predicted molar refractivity (Wildman–Crippen MR) is 57.3 cm³/mol. The van der Waals surface area contributed by atoms with Crippen molar-refractivity contribution in [1.82, 2.24) is 9.97 Å². The van der Waals surface area contributed by atoms with E-state index >= 15 is 0 Å². The van der Waals surface area contributed by atoms with Crippen molar-refractivity contribution in [1.29, 1.82) is 0 Å². The van der Waals surface area contributed by atoms with Gasteiger partial charge in [-0.1, -0.05) is 0 Å². The van der Waals surface area contributed by atoms with E-state index in [1.54, 1.807) is 36.9 Å². The summed E-state index contributed by atoms with van der Waals surface area (Å²) in [7, 11) is 0. The van der Waals surface area contributed by atoms with Gasteiger partial charge in [0, 0.05) is 30.4 Å². The molecule has 2 heterocycles. The molecule has 0 bridgehead atoms. The van der Waals surface area contributed by atoms with Crippen LogP contribution in [-0.2, 0) is 0 Å². The van der Waals surface area contributed by atoms with Gasteiger partial charge in [-0.25, -0.2) is 0 Å². The fourth-order valence-electron chi connectivity index (χ4n) is 1.49. The SMILES string of the molecule is Cc1ccncc1C(O)c1ccncc1. The summed E-state index contributed by atoms with van der Waals surface area (Å²) in [6, 6.07) is 5.49. The first-order chi connectivity index (χ1) is 7.29. The van der Waals surface area contributed by atoms with Crippen LogP contribution in [0.1, 0.15) is 22.8 Å². The van der Waals surface area contributed by atoms with Gasteiger partial charge >= 0.3 is 0 Å². The van der Waals surface area contributed by atoms with Crippen molar-refractivity contribution in [3.05, 3.63) is 59.7 Å². The minimum atomic E-state index is -0.623. The van der Waals surface area contributed by atoms with Gasteiger partial charge in [-0.05, 0) is 36.2 Å². The first kappa shape index (κ1) is 9.80. The molecule has 0 fully saturated rings. The van der Waals surface area contributed by atoms with Crippen molar-refractivity contribution >= 4 is 0 Å². The molecule has 1 N–H and O–H groups in total. The van der Waals surface area contributed by atoms with Crippen LogP contribution in [0.25, 0.3) is 0 Å². The van der Waals surface area contributed by atoms with Gasteiger partial charge < -0.3 is 5.11 Å². The van der Waals surface area contributed by atoms with Gasteiger partial charge in [-0.3, -0.25) is 9.97 Å². The summed E-state index contributed by atoms with van der Waals surface area (Å²) >= 11 is 0. The van der Waals surface area contributed by atoms with E-state index in [1.807, 2.05) is 13.0 Å². The summed E-state index contributed by atoms with van der Waals surface area (Å²) in [5.41, 5.74) is 2.71.